The number of rotatable bonds is 2. The van der Waals surface area contributed by atoms with Crippen molar-refractivity contribution < 1.29 is 0 Å². The number of fused-ring (bicyclic) bond motifs is 2. The van der Waals surface area contributed by atoms with Crippen molar-refractivity contribution in [3.63, 3.8) is 0 Å². The van der Waals surface area contributed by atoms with Gasteiger partial charge in [0.05, 0.1) is 5.52 Å². The molecule has 0 unspecified atom stereocenters. The molecule has 5 heteroatoms. The topological polar surface area (TPSA) is 32.3 Å². The minimum atomic E-state index is 0.754. The number of hydrogen-bond acceptors (Lipinski definition) is 4. The summed E-state index contributed by atoms with van der Waals surface area (Å²) in [4.78, 5) is 13.3. The van der Waals surface area contributed by atoms with Gasteiger partial charge in [-0.05, 0) is 42.3 Å². The summed E-state index contributed by atoms with van der Waals surface area (Å²) in [5.74, 6) is 0.946. The molecular weight excluding hydrogens is 308 g/mol. The van der Waals surface area contributed by atoms with Gasteiger partial charge in [0.25, 0.3) is 0 Å². The summed E-state index contributed by atoms with van der Waals surface area (Å²) in [6.45, 7) is 0.914. The summed E-state index contributed by atoms with van der Waals surface area (Å²) >= 11 is 6.19. The van der Waals surface area contributed by atoms with Crippen molar-refractivity contribution >= 4 is 39.7 Å². The Bertz CT molecular complexity index is 891. The lowest BCUT2D eigenvalue weighted by atomic mass is 10.1. The fourth-order valence-corrected chi connectivity index (χ4v) is 3.26. The Morgan fingerprint density at radius 3 is 2.78 bits per heavy atom. The predicted octanol–water partition coefficient (Wildman–Crippen LogP) is 4.04. The molecule has 1 aliphatic heterocycles. The largest absolute Gasteiger partial charge is 0.378 e. The van der Waals surface area contributed by atoms with Gasteiger partial charge in [0.15, 0.2) is 0 Å². The summed E-state index contributed by atoms with van der Waals surface area (Å²) < 4.78 is 0. The Balaban J connectivity index is 1.86. The number of anilines is 3. The van der Waals surface area contributed by atoms with Crippen LogP contribution in [0, 0.1) is 0 Å². The summed E-state index contributed by atoms with van der Waals surface area (Å²) in [6.07, 6.45) is 2.65. The molecule has 0 fully saturated rings. The first-order valence-electron chi connectivity index (χ1n) is 7.61. The molecule has 0 aliphatic carbocycles. The highest BCUT2D eigenvalue weighted by Gasteiger charge is 2.23. The number of nitrogens with zero attached hydrogens (tertiary/aromatic N) is 4. The zero-order valence-electron chi connectivity index (χ0n) is 13.1. The molecule has 3 aromatic rings. The van der Waals surface area contributed by atoms with Gasteiger partial charge in [0.2, 0.25) is 0 Å². The van der Waals surface area contributed by atoms with Crippen LogP contribution in [-0.4, -0.2) is 30.6 Å². The second kappa shape index (κ2) is 5.39. The normalized spacial score (nSPS) is 13.4. The van der Waals surface area contributed by atoms with Crippen molar-refractivity contribution in [1.82, 2.24) is 9.97 Å². The summed E-state index contributed by atoms with van der Waals surface area (Å²) in [6, 6.07) is 12.4. The number of halogens is 1. The third-order valence-corrected chi connectivity index (χ3v) is 4.55. The lowest BCUT2D eigenvalue weighted by molar-refractivity contribution is 0.974. The first kappa shape index (κ1) is 14.3. The van der Waals surface area contributed by atoms with E-state index in [9.17, 15) is 0 Å². The van der Waals surface area contributed by atoms with E-state index in [0.717, 1.165) is 46.1 Å². The van der Waals surface area contributed by atoms with Crippen molar-refractivity contribution in [2.24, 2.45) is 0 Å². The summed E-state index contributed by atoms with van der Waals surface area (Å²) in [5, 5.41) is 1.81. The van der Waals surface area contributed by atoms with Gasteiger partial charge in [-0.3, -0.25) is 0 Å². The molecule has 0 atom stereocenters. The van der Waals surface area contributed by atoms with Crippen LogP contribution < -0.4 is 9.80 Å². The molecule has 1 aromatic heterocycles. The monoisotopic (exact) mass is 324 g/mol. The SMILES string of the molecule is CN(C)c1ccc2c(N3CCc4ccc(Cl)cc43)ncnc2c1. The van der Waals surface area contributed by atoms with E-state index in [4.69, 9.17) is 11.6 Å². The zero-order valence-corrected chi connectivity index (χ0v) is 13.9. The minimum Gasteiger partial charge on any atom is -0.378 e. The van der Waals surface area contributed by atoms with Gasteiger partial charge >= 0.3 is 0 Å². The number of aromatic nitrogens is 2. The van der Waals surface area contributed by atoms with Crippen LogP contribution >= 0.6 is 11.6 Å². The first-order valence-corrected chi connectivity index (χ1v) is 7.99. The second-order valence-electron chi connectivity index (χ2n) is 5.97. The van der Waals surface area contributed by atoms with Crippen LogP contribution in [0.4, 0.5) is 17.2 Å². The highest BCUT2D eigenvalue weighted by Crippen LogP contribution is 2.38. The maximum absolute atomic E-state index is 6.19. The van der Waals surface area contributed by atoms with E-state index >= 15 is 0 Å². The molecular formula is C18H17ClN4. The van der Waals surface area contributed by atoms with Gasteiger partial charge in [0, 0.05) is 42.4 Å². The molecule has 4 nitrogen and oxygen atoms in total. The molecule has 116 valence electrons. The third kappa shape index (κ3) is 2.39. The van der Waals surface area contributed by atoms with E-state index in [1.165, 1.54) is 5.56 Å². The minimum absolute atomic E-state index is 0.754. The predicted molar refractivity (Wildman–Crippen MR) is 96.0 cm³/mol. The standard InChI is InChI=1S/C18H17ClN4/c1-22(2)14-5-6-15-16(10-14)20-11-21-18(15)23-8-7-12-3-4-13(19)9-17(12)23/h3-6,9-11H,7-8H2,1-2H3. The smallest absolute Gasteiger partial charge is 0.144 e. The molecule has 0 saturated heterocycles. The van der Waals surface area contributed by atoms with Crippen LogP contribution in [0.2, 0.25) is 5.02 Å². The van der Waals surface area contributed by atoms with Crippen molar-refractivity contribution in [2.75, 3.05) is 30.4 Å². The Morgan fingerprint density at radius 2 is 1.96 bits per heavy atom. The van der Waals surface area contributed by atoms with E-state index in [2.05, 4.69) is 44.0 Å². The molecule has 4 rings (SSSR count). The van der Waals surface area contributed by atoms with Crippen LogP contribution in [0.5, 0.6) is 0 Å². The average molecular weight is 325 g/mol. The molecule has 0 amide bonds. The highest BCUT2D eigenvalue weighted by atomic mass is 35.5. The van der Waals surface area contributed by atoms with Gasteiger partial charge in [-0.1, -0.05) is 17.7 Å². The van der Waals surface area contributed by atoms with Gasteiger partial charge in [-0.25, -0.2) is 9.97 Å². The van der Waals surface area contributed by atoms with Gasteiger partial charge < -0.3 is 9.80 Å². The van der Waals surface area contributed by atoms with Gasteiger partial charge in [-0.2, -0.15) is 0 Å². The van der Waals surface area contributed by atoms with E-state index in [1.807, 2.05) is 26.2 Å². The van der Waals surface area contributed by atoms with Crippen LogP contribution in [0.15, 0.2) is 42.7 Å². The van der Waals surface area contributed by atoms with Crippen molar-refractivity contribution in [3.05, 3.63) is 53.3 Å². The van der Waals surface area contributed by atoms with E-state index in [-0.39, 0.29) is 0 Å². The van der Waals surface area contributed by atoms with Crippen LogP contribution in [0.25, 0.3) is 10.9 Å². The number of benzene rings is 2. The summed E-state index contributed by atoms with van der Waals surface area (Å²) in [5.41, 5.74) is 4.55. The quantitative estimate of drug-likeness (QED) is 0.712. The maximum Gasteiger partial charge on any atom is 0.144 e. The second-order valence-corrected chi connectivity index (χ2v) is 6.40. The lowest BCUT2D eigenvalue weighted by Crippen LogP contribution is -2.15. The van der Waals surface area contributed by atoms with Crippen molar-refractivity contribution in [3.8, 4) is 0 Å². The van der Waals surface area contributed by atoms with E-state index < -0.39 is 0 Å². The van der Waals surface area contributed by atoms with Gasteiger partial charge in [-0.15, -0.1) is 0 Å². The van der Waals surface area contributed by atoms with Crippen LogP contribution in [-0.2, 0) is 6.42 Å². The Labute approximate surface area is 140 Å². The Morgan fingerprint density at radius 1 is 1.09 bits per heavy atom. The van der Waals surface area contributed by atoms with E-state index in [1.54, 1.807) is 6.33 Å². The molecule has 2 heterocycles. The Hall–Kier alpha value is -2.33. The van der Waals surface area contributed by atoms with Crippen LogP contribution in [0.3, 0.4) is 0 Å². The maximum atomic E-state index is 6.19. The van der Waals surface area contributed by atoms with Gasteiger partial charge in [0.1, 0.15) is 12.1 Å². The molecule has 0 spiro atoms. The lowest BCUT2D eigenvalue weighted by Gasteiger charge is -2.21. The van der Waals surface area contributed by atoms with Crippen molar-refractivity contribution in [1.29, 1.82) is 0 Å². The Kier molecular flexibility index (Phi) is 3.34. The number of hydrogen-bond donors (Lipinski definition) is 0. The molecule has 23 heavy (non-hydrogen) atoms. The van der Waals surface area contributed by atoms with E-state index in [0.29, 0.717) is 0 Å². The highest BCUT2D eigenvalue weighted by molar-refractivity contribution is 6.31. The molecule has 0 N–H and O–H groups in total. The molecule has 1 aliphatic rings. The van der Waals surface area contributed by atoms with Crippen molar-refractivity contribution in [2.45, 2.75) is 6.42 Å². The summed E-state index contributed by atoms with van der Waals surface area (Å²) in [7, 11) is 4.06. The van der Waals surface area contributed by atoms with Crippen LogP contribution in [0.1, 0.15) is 5.56 Å². The molecule has 0 saturated carbocycles. The zero-order chi connectivity index (χ0) is 16.0. The first-order chi connectivity index (χ1) is 11.1. The average Bonchev–Trinajstić information content (AvgIpc) is 2.96. The molecule has 0 radical (unpaired) electrons. The fraction of sp³-hybridized carbons (Fsp3) is 0.222. The third-order valence-electron chi connectivity index (χ3n) is 4.31. The molecule has 0 bridgehead atoms. The fourth-order valence-electron chi connectivity index (χ4n) is 3.10. The molecule has 2 aromatic carbocycles.